The summed E-state index contributed by atoms with van der Waals surface area (Å²) in [5, 5.41) is 11.3. The number of halogens is 1. The molecule has 1 aromatic heterocycles. The molecule has 0 bridgehead atoms. The minimum atomic E-state index is 0.308. The fraction of sp³-hybridized carbons (Fsp3) is 0.0435. The summed E-state index contributed by atoms with van der Waals surface area (Å²) in [5.41, 5.74) is 5.71. The van der Waals surface area contributed by atoms with E-state index < -0.39 is 0 Å². The third kappa shape index (κ3) is 6.25. The Morgan fingerprint density at radius 3 is 2.26 bits per heavy atom. The summed E-state index contributed by atoms with van der Waals surface area (Å²) in [4.78, 5) is 13.3. The third-order valence-electron chi connectivity index (χ3n) is 4.19. The van der Waals surface area contributed by atoms with Gasteiger partial charge in [0.1, 0.15) is 0 Å². The molecule has 0 atom stereocenters. The predicted molar refractivity (Wildman–Crippen MR) is 126 cm³/mol. The highest BCUT2D eigenvalue weighted by atomic mass is 35.5. The van der Waals surface area contributed by atoms with Crippen molar-refractivity contribution >= 4 is 41.3 Å². The van der Waals surface area contributed by atoms with Crippen molar-refractivity contribution in [2.75, 3.05) is 16.1 Å². The van der Waals surface area contributed by atoms with E-state index in [1.54, 1.807) is 6.21 Å². The standard InChI is InChI=1S/C23H20ClN7/c24-19-11-7-10-18(14-19)16-26-31-23-29-21(25-15-17-8-3-1-4-9-17)28-22(30-23)27-20-12-5-2-6-13-20/h1-14,16H,15H2,(H3,25,27,28,29,30,31)/b26-16-. The normalized spacial score (nSPS) is 10.7. The Labute approximate surface area is 185 Å². The highest BCUT2D eigenvalue weighted by Gasteiger charge is 2.07. The zero-order valence-corrected chi connectivity index (χ0v) is 17.3. The highest BCUT2D eigenvalue weighted by molar-refractivity contribution is 6.30. The summed E-state index contributed by atoms with van der Waals surface area (Å²) in [5.74, 6) is 1.14. The quantitative estimate of drug-likeness (QED) is 0.259. The smallest absolute Gasteiger partial charge is 0.250 e. The number of anilines is 4. The molecule has 8 heteroatoms. The molecule has 0 radical (unpaired) electrons. The summed E-state index contributed by atoms with van der Waals surface area (Å²) in [6, 6.07) is 27.1. The van der Waals surface area contributed by atoms with Gasteiger partial charge in [0.15, 0.2) is 0 Å². The average Bonchev–Trinajstić information content (AvgIpc) is 2.79. The van der Waals surface area contributed by atoms with Crippen LogP contribution in [-0.4, -0.2) is 21.2 Å². The molecular formula is C23H20ClN7. The number of rotatable bonds is 8. The second-order valence-electron chi connectivity index (χ2n) is 6.56. The molecule has 0 saturated heterocycles. The minimum absolute atomic E-state index is 0.308. The van der Waals surface area contributed by atoms with Crippen LogP contribution in [0.1, 0.15) is 11.1 Å². The Hall–Kier alpha value is -3.97. The first-order valence-corrected chi connectivity index (χ1v) is 10.0. The van der Waals surface area contributed by atoms with Crippen LogP contribution in [-0.2, 0) is 6.54 Å². The van der Waals surface area contributed by atoms with Gasteiger partial charge in [-0.25, -0.2) is 5.43 Å². The average molecular weight is 430 g/mol. The number of aromatic nitrogens is 3. The molecule has 0 saturated carbocycles. The fourth-order valence-electron chi connectivity index (χ4n) is 2.74. The van der Waals surface area contributed by atoms with Crippen LogP contribution in [0.15, 0.2) is 90.0 Å². The lowest BCUT2D eigenvalue weighted by molar-refractivity contribution is 0.999. The summed E-state index contributed by atoms with van der Waals surface area (Å²) in [6.45, 7) is 0.584. The van der Waals surface area contributed by atoms with Crippen LogP contribution >= 0.6 is 11.6 Å². The van der Waals surface area contributed by atoms with Gasteiger partial charge in [-0.1, -0.05) is 72.3 Å². The summed E-state index contributed by atoms with van der Waals surface area (Å²) in [7, 11) is 0. The van der Waals surface area contributed by atoms with Gasteiger partial charge in [-0.2, -0.15) is 20.1 Å². The fourth-order valence-corrected chi connectivity index (χ4v) is 2.94. The molecule has 0 spiro atoms. The van der Waals surface area contributed by atoms with Crippen LogP contribution in [0.3, 0.4) is 0 Å². The second-order valence-corrected chi connectivity index (χ2v) is 7.00. The Kier molecular flexibility index (Phi) is 6.67. The number of nitrogens with zero attached hydrogens (tertiary/aromatic N) is 4. The van der Waals surface area contributed by atoms with E-state index in [1.165, 1.54) is 0 Å². The number of para-hydroxylation sites is 1. The molecule has 1 heterocycles. The Morgan fingerprint density at radius 2 is 1.48 bits per heavy atom. The number of hydrogen-bond donors (Lipinski definition) is 3. The monoisotopic (exact) mass is 429 g/mol. The summed E-state index contributed by atoms with van der Waals surface area (Å²) >= 11 is 6.01. The summed E-state index contributed by atoms with van der Waals surface area (Å²) in [6.07, 6.45) is 1.65. The molecule has 0 fully saturated rings. The van der Waals surface area contributed by atoms with E-state index in [-0.39, 0.29) is 0 Å². The molecule has 0 aliphatic rings. The molecule has 4 aromatic rings. The lowest BCUT2D eigenvalue weighted by atomic mass is 10.2. The Morgan fingerprint density at radius 1 is 0.774 bits per heavy atom. The highest BCUT2D eigenvalue weighted by Crippen LogP contribution is 2.16. The van der Waals surface area contributed by atoms with Gasteiger partial charge >= 0.3 is 0 Å². The number of benzene rings is 3. The predicted octanol–water partition coefficient (Wildman–Crippen LogP) is 5.33. The van der Waals surface area contributed by atoms with Gasteiger partial charge in [-0.05, 0) is 35.4 Å². The number of hydrazone groups is 1. The van der Waals surface area contributed by atoms with Crippen molar-refractivity contribution in [2.24, 2.45) is 5.10 Å². The van der Waals surface area contributed by atoms with Crippen molar-refractivity contribution in [1.82, 2.24) is 15.0 Å². The van der Waals surface area contributed by atoms with E-state index in [4.69, 9.17) is 11.6 Å². The van der Waals surface area contributed by atoms with Crippen molar-refractivity contribution in [1.29, 1.82) is 0 Å². The topological polar surface area (TPSA) is 87.1 Å². The van der Waals surface area contributed by atoms with Gasteiger partial charge in [0.25, 0.3) is 0 Å². The van der Waals surface area contributed by atoms with Crippen molar-refractivity contribution < 1.29 is 0 Å². The van der Waals surface area contributed by atoms with E-state index in [2.05, 4.69) is 36.1 Å². The van der Waals surface area contributed by atoms with Crippen LogP contribution in [0.25, 0.3) is 0 Å². The molecule has 3 N–H and O–H groups in total. The zero-order valence-electron chi connectivity index (χ0n) is 16.5. The van der Waals surface area contributed by atoms with Gasteiger partial charge in [0, 0.05) is 17.3 Å². The van der Waals surface area contributed by atoms with Crippen LogP contribution in [0.4, 0.5) is 23.5 Å². The first-order valence-electron chi connectivity index (χ1n) is 9.65. The number of nitrogens with one attached hydrogen (secondary N) is 3. The molecular weight excluding hydrogens is 410 g/mol. The Bertz CT molecular complexity index is 1150. The van der Waals surface area contributed by atoms with E-state index in [0.717, 1.165) is 16.8 Å². The largest absolute Gasteiger partial charge is 0.350 e. The molecule has 154 valence electrons. The van der Waals surface area contributed by atoms with Crippen molar-refractivity contribution in [3.63, 3.8) is 0 Å². The van der Waals surface area contributed by atoms with Crippen LogP contribution in [0.2, 0.25) is 5.02 Å². The van der Waals surface area contributed by atoms with E-state index in [9.17, 15) is 0 Å². The zero-order chi connectivity index (χ0) is 21.3. The van der Waals surface area contributed by atoms with E-state index >= 15 is 0 Å². The lowest BCUT2D eigenvalue weighted by Crippen LogP contribution is -2.09. The van der Waals surface area contributed by atoms with Gasteiger partial charge < -0.3 is 10.6 Å². The van der Waals surface area contributed by atoms with Crippen LogP contribution < -0.4 is 16.1 Å². The van der Waals surface area contributed by atoms with E-state index in [0.29, 0.717) is 29.4 Å². The van der Waals surface area contributed by atoms with Crippen molar-refractivity contribution in [2.45, 2.75) is 6.54 Å². The maximum atomic E-state index is 6.01. The van der Waals surface area contributed by atoms with Gasteiger partial charge in [-0.15, -0.1) is 0 Å². The van der Waals surface area contributed by atoms with Crippen molar-refractivity contribution in [3.05, 3.63) is 101 Å². The maximum absolute atomic E-state index is 6.01. The van der Waals surface area contributed by atoms with Crippen LogP contribution in [0.5, 0.6) is 0 Å². The number of hydrogen-bond acceptors (Lipinski definition) is 7. The Balaban J connectivity index is 1.52. The first-order chi connectivity index (χ1) is 15.2. The SMILES string of the molecule is Clc1cccc(/C=N\Nc2nc(NCc3ccccc3)nc(Nc3ccccc3)n2)c1. The summed E-state index contributed by atoms with van der Waals surface area (Å²) < 4.78 is 0. The molecule has 0 amide bonds. The van der Waals surface area contributed by atoms with Gasteiger partial charge in [-0.3, -0.25) is 0 Å². The molecule has 0 aliphatic heterocycles. The van der Waals surface area contributed by atoms with Crippen LogP contribution in [0, 0.1) is 0 Å². The molecule has 0 aliphatic carbocycles. The maximum Gasteiger partial charge on any atom is 0.250 e. The molecule has 0 unspecified atom stereocenters. The minimum Gasteiger partial charge on any atom is -0.350 e. The van der Waals surface area contributed by atoms with Crippen molar-refractivity contribution in [3.8, 4) is 0 Å². The lowest BCUT2D eigenvalue weighted by Gasteiger charge is -2.10. The molecule has 7 nitrogen and oxygen atoms in total. The first kappa shape index (κ1) is 20.3. The molecule has 3 aromatic carbocycles. The third-order valence-corrected chi connectivity index (χ3v) is 4.42. The van der Waals surface area contributed by atoms with Gasteiger partial charge in [0.05, 0.1) is 6.21 Å². The van der Waals surface area contributed by atoms with E-state index in [1.807, 2.05) is 84.9 Å². The molecule has 31 heavy (non-hydrogen) atoms. The molecule has 4 rings (SSSR count). The van der Waals surface area contributed by atoms with Gasteiger partial charge in [0.2, 0.25) is 17.8 Å². The second kappa shape index (κ2) is 10.2.